The van der Waals surface area contributed by atoms with Crippen LogP contribution in [0, 0.1) is 0 Å². The van der Waals surface area contributed by atoms with Crippen LogP contribution in [-0.2, 0) is 0 Å². The van der Waals surface area contributed by atoms with E-state index >= 15 is 0 Å². The molecular weight excluding hydrogens is 390 g/mol. The number of ketones is 1. The number of carbonyl (C=O) groups excluding carboxylic acids is 2. The Labute approximate surface area is 181 Å². The fourth-order valence-corrected chi connectivity index (χ4v) is 4.52. The summed E-state index contributed by atoms with van der Waals surface area (Å²) in [5, 5.41) is 0. The number of rotatable bonds is 5. The summed E-state index contributed by atoms with van der Waals surface area (Å²) in [7, 11) is 0. The lowest BCUT2D eigenvalue weighted by Gasteiger charge is -2.34. The van der Waals surface area contributed by atoms with E-state index in [9.17, 15) is 9.59 Å². The van der Waals surface area contributed by atoms with E-state index in [1.54, 1.807) is 6.20 Å². The minimum atomic E-state index is 0.000257. The maximum atomic E-state index is 13.0. The molecule has 3 aromatic rings. The number of aromatic nitrogens is 2. The molecule has 2 fully saturated rings. The fourth-order valence-electron chi connectivity index (χ4n) is 4.52. The molecule has 0 unspecified atom stereocenters. The van der Waals surface area contributed by atoms with E-state index in [1.165, 1.54) is 18.5 Å². The Kier molecular flexibility index (Phi) is 5.42. The fraction of sp³-hybridized carbons (Fsp3) is 0.375. The number of nitrogens with zero attached hydrogens (tertiary/aromatic N) is 5. The van der Waals surface area contributed by atoms with Gasteiger partial charge in [-0.1, -0.05) is 0 Å². The molecule has 160 valence electrons. The van der Waals surface area contributed by atoms with Gasteiger partial charge in [0, 0.05) is 69.1 Å². The summed E-state index contributed by atoms with van der Waals surface area (Å²) in [4.78, 5) is 36.4. The first-order chi connectivity index (χ1) is 15.2. The summed E-state index contributed by atoms with van der Waals surface area (Å²) in [5.74, 6) is 0.134. The summed E-state index contributed by atoms with van der Waals surface area (Å²) in [6.07, 6.45) is 7.92. The van der Waals surface area contributed by atoms with Crippen LogP contribution < -0.4 is 4.90 Å². The van der Waals surface area contributed by atoms with Crippen LogP contribution in [-0.4, -0.2) is 76.7 Å². The van der Waals surface area contributed by atoms with E-state index in [2.05, 4.69) is 26.9 Å². The molecule has 7 nitrogen and oxygen atoms in total. The third kappa shape index (κ3) is 4.05. The number of hydrogen-bond donors (Lipinski definition) is 0. The van der Waals surface area contributed by atoms with Gasteiger partial charge in [0.1, 0.15) is 5.65 Å². The lowest BCUT2D eigenvalue weighted by Crippen LogP contribution is -2.50. The number of fused-ring (bicyclic) bond motifs is 1. The van der Waals surface area contributed by atoms with E-state index < -0.39 is 0 Å². The molecule has 5 rings (SSSR count). The molecule has 1 aromatic carbocycles. The minimum Gasteiger partial charge on any atom is -0.372 e. The number of imidazole rings is 1. The zero-order valence-electron chi connectivity index (χ0n) is 17.6. The van der Waals surface area contributed by atoms with Crippen LogP contribution in [0.2, 0.25) is 0 Å². The molecule has 2 aromatic heterocycles. The van der Waals surface area contributed by atoms with Gasteiger partial charge < -0.3 is 14.2 Å². The number of benzene rings is 1. The highest BCUT2D eigenvalue weighted by molar-refractivity contribution is 6.00. The Morgan fingerprint density at radius 2 is 1.61 bits per heavy atom. The monoisotopic (exact) mass is 417 g/mol. The largest absolute Gasteiger partial charge is 0.372 e. The molecule has 1 amide bonds. The highest BCUT2D eigenvalue weighted by Crippen LogP contribution is 2.21. The van der Waals surface area contributed by atoms with Gasteiger partial charge in [0.25, 0.3) is 5.91 Å². The number of pyridine rings is 1. The average molecular weight is 418 g/mol. The highest BCUT2D eigenvalue weighted by atomic mass is 16.2. The van der Waals surface area contributed by atoms with Gasteiger partial charge in [-0.15, -0.1) is 0 Å². The molecular formula is C24H27N5O2. The average Bonchev–Trinajstić information content (AvgIpc) is 3.51. The van der Waals surface area contributed by atoms with E-state index in [0.717, 1.165) is 18.7 Å². The van der Waals surface area contributed by atoms with Crippen molar-refractivity contribution in [2.45, 2.75) is 12.8 Å². The summed E-state index contributed by atoms with van der Waals surface area (Å²) in [6.45, 7) is 5.21. The maximum Gasteiger partial charge on any atom is 0.257 e. The first kappa shape index (κ1) is 19.8. The molecule has 0 atom stereocenters. The number of amides is 1. The van der Waals surface area contributed by atoms with Gasteiger partial charge in [0.15, 0.2) is 5.78 Å². The van der Waals surface area contributed by atoms with Crippen molar-refractivity contribution >= 4 is 23.0 Å². The topological polar surface area (TPSA) is 61.2 Å². The molecule has 7 heteroatoms. The lowest BCUT2D eigenvalue weighted by atomic mass is 10.1. The molecule has 4 heterocycles. The second kappa shape index (κ2) is 8.51. The van der Waals surface area contributed by atoms with Gasteiger partial charge in [-0.25, -0.2) is 4.98 Å². The van der Waals surface area contributed by atoms with Crippen molar-refractivity contribution in [2.24, 2.45) is 0 Å². The number of hydrogen-bond acceptors (Lipinski definition) is 5. The van der Waals surface area contributed by atoms with Crippen LogP contribution in [0.1, 0.15) is 33.6 Å². The van der Waals surface area contributed by atoms with Crippen LogP contribution in [0.4, 0.5) is 5.69 Å². The van der Waals surface area contributed by atoms with Crippen molar-refractivity contribution in [3.63, 3.8) is 0 Å². The first-order valence-electron chi connectivity index (χ1n) is 11.0. The smallest absolute Gasteiger partial charge is 0.257 e. The minimum absolute atomic E-state index is 0.000257. The molecule has 2 aliphatic heterocycles. The Hall–Kier alpha value is -3.19. The molecule has 0 radical (unpaired) electrons. The van der Waals surface area contributed by atoms with Crippen LogP contribution in [0.25, 0.3) is 5.65 Å². The molecule has 0 saturated carbocycles. The van der Waals surface area contributed by atoms with E-state index in [4.69, 9.17) is 0 Å². The summed E-state index contributed by atoms with van der Waals surface area (Å²) in [6, 6.07) is 11.7. The molecule has 0 aliphatic carbocycles. The molecule has 0 spiro atoms. The maximum absolute atomic E-state index is 13.0. The van der Waals surface area contributed by atoms with Gasteiger partial charge in [-0.3, -0.25) is 14.5 Å². The Bertz CT molecular complexity index is 1080. The van der Waals surface area contributed by atoms with E-state index in [1.807, 2.05) is 46.0 Å². The first-order valence-corrected chi connectivity index (χ1v) is 11.0. The van der Waals surface area contributed by atoms with Gasteiger partial charge in [-0.2, -0.15) is 0 Å². The van der Waals surface area contributed by atoms with Gasteiger partial charge >= 0.3 is 0 Å². The van der Waals surface area contributed by atoms with Gasteiger partial charge in [-0.05, 0) is 49.2 Å². The van der Waals surface area contributed by atoms with Crippen molar-refractivity contribution < 1.29 is 9.59 Å². The number of piperazine rings is 1. The van der Waals surface area contributed by atoms with Crippen LogP contribution in [0.3, 0.4) is 0 Å². The quantitative estimate of drug-likeness (QED) is 0.597. The lowest BCUT2D eigenvalue weighted by molar-refractivity contribution is 0.0625. The second-order valence-electron chi connectivity index (χ2n) is 8.31. The highest BCUT2D eigenvalue weighted by Gasteiger charge is 2.25. The van der Waals surface area contributed by atoms with Crippen molar-refractivity contribution in [1.82, 2.24) is 19.2 Å². The van der Waals surface area contributed by atoms with Crippen LogP contribution in [0.15, 0.2) is 55.0 Å². The summed E-state index contributed by atoms with van der Waals surface area (Å²) >= 11 is 0. The Morgan fingerprint density at radius 1 is 0.871 bits per heavy atom. The molecule has 0 N–H and O–H groups in total. The van der Waals surface area contributed by atoms with Gasteiger partial charge in [0.05, 0.1) is 12.1 Å². The number of anilines is 1. The molecule has 2 saturated heterocycles. The predicted octanol–water partition coefficient (Wildman–Crippen LogP) is 2.58. The third-order valence-electron chi connectivity index (χ3n) is 6.34. The third-order valence-corrected chi connectivity index (χ3v) is 6.34. The van der Waals surface area contributed by atoms with Crippen LogP contribution in [0.5, 0.6) is 0 Å². The van der Waals surface area contributed by atoms with Crippen LogP contribution >= 0.6 is 0 Å². The van der Waals surface area contributed by atoms with E-state index in [-0.39, 0.29) is 11.7 Å². The second-order valence-corrected chi connectivity index (χ2v) is 8.31. The van der Waals surface area contributed by atoms with Crippen molar-refractivity contribution in [1.29, 1.82) is 0 Å². The van der Waals surface area contributed by atoms with Gasteiger partial charge in [0.2, 0.25) is 0 Å². The zero-order valence-corrected chi connectivity index (χ0v) is 17.6. The Morgan fingerprint density at radius 3 is 2.35 bits per heavy atom. The van der Waals surface area contributed by atoms with E-state index in [0.29, 0.717) is 43.9 Å². The summed E-state index contributed by atoms with van der Waals surface area (Å²) in [5.41, 5.74) is 3.26. The van der Waals surface area contributed by atoms with Crippen molar-refractivity contribution in [3.8, 4) is 0 Å². The normalized spacial score (nSPS) is 17.4. The molecule has 0 bridgehead atoms. The number of Topliss-reactive ketones (excluding diaryl/α,β-unsaturated/α-hetero) is 1. The van der Waals surface area contributed by atoms with Crippen molar-refractivity contribution in [2.75, 3.05) is 50.7 Å². The summed E-state index contributed by atoms with van der Waals surface area (Å²) < 4.78 is 1.86. The SMILES string of the molecule is O=C(CN1CCN(C(=O)c2cccn3ccnc23)CC1)c1ccc(N2CCCC2)cc1. The molecule has 2 aliphatic rings. The standard InChI is InChI=1S/C24H27N5O2/c30-22(19-5-7-20(8-6-19)27-10-1-2-11-27)18-26-14-16-29(17-15-26)24(31)21-4-3-12-28-13-9-25-23(21)28/h3-9,12-13H,1-2,10-11,14-18H2. The Balaban J connectivity index is 1.16. The molecule has 31 heavy (non-hydrogen) atoms. The zero-order chi connectivity index (χ0) is 21.2. The van der Waals surface area contributed by atoms with Crippen molar-refractivity contribution in [3.05, 3.63) is 66.1 Å². The predicted molar refractivity (Wildman–Crippen MR) is 120 cm³/mol. The number of carbonyl (C=O) groups is 2.